The summed E-state index contributed by atoms with van der Waals surface area (Å²) in [7, 11) is 1.41. The molecule has 1 spiro atoms. The monoisotopic (exact) mass is 217 g/mol. The molecule has 2 fully saturated rings. The zero-order chi connectivity index (χ0) is 10.2. The summed E-state index contributed by atoms with van der Waals surface area (Å²) in [5, 5.41) is 0. The molecule has 0 aromatic rings. The van der Waals surface area contributed by atoms with Gasteiger partial charge in [0.05, 0.1) is 19.3 Å². The fraction of sp³-hybridized carbons (Fsp3) is 0.889. The number of hydrogen-bond donors (Lipinski definition) is 1. The molecule has 3 unspecified atom stereocenters. The molecule has 4 nitrogen and oxygen atoms in total. The average molecular weight is 217 g/mol. The summed E-state index contributed by atoms with van der Waals surface area (Å²) in [6, 6.07) is -0.207. The smallest absolute Gasteiger partial charge is 0.313 e. The van der Waals surface area contributed by atoms with E-state index in [9.17, 15) is 4.79 Å². The standard InChI is InChI=1S/C9H15NO3S/c1-12-8(11)7-6(10)4-13-9(7)2-3-14-5-9/h6-7H,2-5,10H2,1H3. The first-order valence-electron chi connectivity index (χ1n) is 4.75. The molecule has 0 amide bonds. The fourth-order valence-electron chi connectivity index (χ4n) is 2.28. The number of esters is 1. The Bertz CT molecular complexity index is 240. The maximum atomic E-state index is 11.6. The number of carbonyl (C=O) groups is 1. The lowest BCUT2D eigenvalue weighted by Gasteiger charge is -2.28. The lowest BCUT2D eigenvalue weighted by Crippen LogP contribution is -2.46. The molecule has 3 atom stereocenters. The van der Waals surface area contributed by atoms with Gasteiger partial charge in [0.15, 0.2) is 0 Å². The second kappa shape index (κ2) is 3.72. The first kappa shape index (κ1) is 10.3. The average Bonchev–Trinajstić information content (AvgIpc) is 2.76. The van der Waals surface area contributed by atoms with Gasteiger partial charge in [-0.3, -0.25) is 4.79 Å². The van der Waals surface area contributed by atoms with Gasteiger partial charge in [0.25, 0.3) is 0 Å². The molecule has 0 aromatic carbocycles. The third-order valence-corrected chi connectivity index (χ3v) is 4.21. The van der Waals surface area contributed by atoms with E-state index in [0.29, 0.717) is 6.61 Å². The van der Waals surface area contributed by atoms with Crippen LogP contribution in [0.15, 0.2) is 0 Å². The van der Waals surface area contributed by atoms with Crippen molar-refractivity contribution in [3.63, 3.8) is 0 Å². The Morgan fingerprint density at radius 2 is 2.50 bits per heavy atom. The molecular formula is C9H15NO3S. The summed E-state index contributed by atoms with van der Waals surface area (Å²) >= 11 is 1.82. The quantitative estimate of drug-likeness (QED) is 0.627. The van der Waals surface area contributed by atoms with Crippen molar-refractivity contribution in [1.29, 1.82) is 0 Å². The van der Waals surface area contributed by atoms with Crippen molar-refractivity contribution >= 4 is 17.7 Å². The van der Waals surface area contributed by atoms with Crippen molar-refractivity contribution in [3.05, 3.63) is 0 Å². The summed E-state index contributed by atoms with van der Waals surface area (Å²) in [6.45, 7) is 0.473. The number of ether oxygens (including phenoxy) is 2. The molecule has 80 valence electrons. The summed E-state index contributed by atoms with van der Waals surface area (Å²) in [4.78, 5) is 11.6. The maximum absolute atomic E-state index is 11.6. The maximum Gasteiger partial charge on any atom is 0.313 e. The predicted octanol–water partition coefficient (Wildman–Crippen LogP) is 0.00880. The molecule has 2 saturated heterocycles. The molecule has 14 heavy (non-hydrogen) atoms. The second-order valence-electron chi connectivity index (χ2n) is 3.84. The fourth-order valence-corrected chi connectivity index (χ4v) is 3.66. The summed E-state index contributed by atoms with van der Waals surface area (Å²) in [6.07, 6.45) is 0.908. The van der Waals surface area contributed by atoms with E-state index in [2.05, 4.69) is 0 Å². The Hall–Kier alpha value is -0.260. The number of rotatable bonds is 1. The van der Waals surface area contributed by atoms with Gasteiger partial charge in [-0.1, -0.05) is 0 Å². The highest BCUT2D eigenvalue weighted by Gasteiger charge is 2.54. The lowest BCUT2D eigenvalue weighted by molar-refractivity contribution is -0.151. The highest BCUT2D eigenvalue weighted by molar-refractivity contribution is 7.99. The van der Waals surface area contributed by atoms with Crippen LogP contribution in [0.5, 0.6) is 0 Å². The van der Waals surface area contributed by atoms with Gasteiger partial charge in [-0.25, -0.2) is 0 Å². The highest BCUT2D eigenvalue weighted by atomic mass is 32.2. The molecule has 2 aliphatic heterocycles. The third-order valence-electron chi connectivity index (χ3n) is 3.03. The zero-order valence-corrected chi connectivity index (χ0v) is 9.01. The van der Waals surface area contributed by atoms with E-state index >= 15 is 0 Å². The van der Waals surface area contributed by atoms with Crippen LogP contribution in [0, 0.1) is 5.92 Å². The van der Waals surface area contributed by atoms with Crippen LogP contribution in [0.25, 0.3) is 0 Å². The van der Waals surface area contributed by atoms with Gasteiger partial charge in [-0.2, -0.15) is 11.8 Å². The summed E-state index contributed by atoms with van der Waals surface area (Å²) < 4.78 is 10.5. The van der Waals surface area contributed by atoms with Crippen LogP contribution >= 0.6 is 11.8 Å². The first-order valence-corrected chi connectivity index (χ1v) is 5.90. The molecule has 2 aliphatic rings. The predicted molar refractivity (Wildman–Crippen MR) is 54.1 cm³/mol. The lowest BCUT2D eigenvalue weighted by atomic mass is 9.84. The van der Waals surface area contributed by atoms with Crippen LogP contribution in [0.1, 0.15) is 6.42 Å². The first-order chi connectivity index (χ1) is 6.69. The van der Waals surface area contributed by atoms with Crippen molar-refractivity contribution in [2.75, 3.05) is 25.2 Å². The van der Waals surface area contributed by atoms with E-state index in [-0.39, 0.29) is 23.5 Å². The van der Waals surface area contributed by atoms with E-state index < -0.39 is 0 Å². The second-order valence-corrected chi connectivity index (χ2v) is 4.95. The molecule has 0 saturated carbocycles. The van der Waals surface area contributed by atoms with Crippen molar-refractivity contribution in [2.45, 2.75) is 18.1 Å². The van der Waals surface area contributed by atoms with Crippen molar-refractivity contribution in [1.82, 2.24) is 0 Å². The van der Waals surface area contributed by atoms with Crippen LogP contribution in [0.4, 0.5) is 0 Å². The minimum absolute atomic E-state index is 0.207. The molecule has 2 heterocycles. The summed E-state index contributed by atoms with van der Waals surface area (Å²) in [5.74, 6) is 1.40. The van der Waals surface area contributed by atoms with Crippen LogP contribution in [-0.4, -0.2) is 42.8 Å². The minimum Gasteiger partial charge on any atom is -0.469 e. The van der Waals surface area contributed by atoms with Crippen molar-refractivity contribution < 1.29 is 14.3 Å². The highest BCUT2D eigenvalue weighted by Crippen LogP contribution is 2.43. The Morgan fingerprint density at radius 3 is 3.07 bits per heavy atom. The molecule has 5 heteroatoms. The largest absolute Gasteiger partial charge is 0.469 e. The van der Waals surface area contributed by atoms with E-state index in [0.717, 1.165) is 17.9 Å². The Balaban J connectivity index is 2.20. The number of hydrogen-bond acceptors (Lipinski definition) is 5. The molecule has 2 N–H and O–H groups in total. The Morgan fingerprint density at radius 1 is 1.71 bits per heavy atom. The van der Waals surface area contributed by atoms with Crippen molar-refractivity contribution in [3.8, 4) is 0 Å². The Kier molecular flexibility index (Phi) is 2.72. The van der Waals surface area contributed by atoms with Crippen LogP contribution < -0.4 is 5.73 Å². The van der Waals surface area contributed by atoms with Crippen LogP contribution in [0.3, 0.4) is 0 Å². The number of carbonyl (C=O) groups excluding carboxylic acids is 1. The van der Waals surface area contributed by atoms with Gasteiger partial charge in [-0.15, -0.1) is 0 Å². The third kappa shape index (κ3) is 1.43. The van der Waals surface area contributed by atoms with E-state index in [1.54, 1.807) is 0 Å². The van der Waals surface area contributed by atoms with E-state index in [4.69, 9.17) is 15.2 Å². The SMILES string of the molecule is COC(=O)C1C(N)COC12CCSC2. The van der Waals surface area contributed by atoms with Gasteiger partial charge in [0, 0.05) is 11.8 Å². The van der Waals surface area contributed by atoms with E-state index in [1.807, 2.05) is 11.8 Å². The normalized spacial score (nSPS) is 41.9. The number of methoxy groups -OCH3 is 1. The molecular weight excluding hydrogens is 202 g/mol. The number of nitrogens with two attached hydrogens (primary N) is 1. The molecule has 2 rings (SSSR count). The van der Waals surface area contributed by atoms with Gasteiger partial charge >= 0.3 is 5.97 Å². The zero-order valence-electron chi connectivity index (χ0n) is 8.19. The molecule has 0 aromatic heterocycles. The molecule has 0 radical (unpaired) electrons. The van der Waals surface area contributed by atoms with Crippen LogP contribution in [0.2, 0.25) is 0 Å². The van der Waals surface area contributed by atoms with Crippen molar-refractivity contribution in [2.24, 2.45) is 11.7 Å². The van der Waals surface area contributed by atoms with E-state index in [1.165, 1.54) is 7.11 Å². The molecule has 0 bridgehead atoms. The topological polar surface area (TPSA) is 61.5 Å². The van der Waals surface area contributed by atoms with Crippen LogP contribution in [-0.2, 0) is 14.3 Å². The van der Waals surface area contributed by atoms with Gasteiger partial charge in [0.1, 0.15) is 5.92 Å². The number of thioether (sulfide) groups is 1. The summed E-state index contributed by atoms with van der Waals surface area (Å²) in [5.41, 5.74) is 5.54. The Labute approximate surface area is 87.5 Å². The van der Waals surface area contributed by atoms with Gasteiger partial charge in [-0.05, 0) is 12.2 Å². The molecule has 0 aliphatic carbocycles. The van der Waals surface area contributed by atoms with Gasteiger partial charge in [0.2, 0.25) is 0 Å². The van der Waals surface area contributed by atoms with Gasteiger partial charge < -0.3 is 15.2 Å². The minimum atomic E-state index is -0.336.